The van der Waals surface area contributed by atoms with Crippen molar-refractivity contribution in [1.29, 1.82) is 0 Å². The third-order valence-electron chi connectivity index (χ3n) is 3.20. The lowest BCUT2D eigenvalue weighted by molar-refractivity contribution is 0.280. The van der Waals surface area contributed by atoms with Gasteiger partial charge in [-0.25, -0.2) is 0 Å². The molecule has 4 N–H and O–H groups in total. The van der Waals surface area contributed by atoms with Crippen LogP contribution in [0.4, 0.5) is 5.69 Å². The lowest BCUT2D eigenvalue weighted by Gasteiger charge is -2.07. The van der Waals surface area contributed by atoms with Gasteiger partial charge in [0.05, 0.1) is 17.8 Å². The highest BCUT2D eigenvalue weighted by Crippen LogP contribution is 2.35. The molecule has 0 amide bonds. The molecule has 0 bridgehead atoms. The van der Waals surface area contributed by atoms with Gasteiger partial charge in [0.15, 0.2) is 0 Å². The quantitative estimate of drug-likeness (QED) is 0.602. The number of hydrogen-bond acceptors (Lipinski definition) is 3. The number of para-hydroxylation sites is 1. The zero-order valence-electron chi connectivity index (χ0n) is 9.80. The first-order valence-electron chi connectivity index (χ1n) is 5.82. The van der Waals surface area contributed by atoms with Crippen LogP contribution in [0.25, 0.3) is 21.8 Å². The molecule has 4 heteroatoms. The van der Waals surface area contributed by atoms with E-state index in [2.05, 4.69) is 0 Å². The van der Waals surface area contributed by atoms with E-state index in [-0.39, 0.29) is 12.4 Å². The second kappa shape index (κ2) is 3.92. The van der Waals surface area contributed by atoms with Crippen LogP contribution in [0.3, 0.4) is 0 Å². The van der Waals surface area contributed by atoms with Crippen molar-refractivity contribution in [2.45, 2.75) is 6.54 Å². The largest absolute Gasteiger partial charge is 0.508 e. The van der Waals surface area contributed by atoms with Crippen LogP contribution < -0.4 is 5.73 Å². The number of phenolic OH excluding ortho intramolecular Hbond substituents is 1. The van der Waals surface area contributed by atoms with Gasteiger partial charge >= 0.3 is 0 Å². The number of fused-ring (bicyclic) bond motifs is 3. The minimum Gasteiger partial charge on any atom is -0.508 e. The summed E-state index contributed by atoms with van der Waals surface area (Å²) in [5, 5.41) is 20.8. The molecule has 92 valence electrons. The molecule has 0 fully saturated rings. The molecular weight excluding hydrogens is 228 g/mol. The van der Waals surface area contributed by atoms with E-state index < -0.39 is 0 Å². The molecule has 18 heavy (non-hydrogen) atoms. The molecule has 0 radical (unpaired) electrons. The van der Waals surface area contributed by atoms with Crippen molar-refractivity contribution in [3.8, 4) is 5.75 Å². The maximum absolute atomic E-state index is 9.67. The summed E-state index contributed by atoms with van der Waals surface area (Å²) in [4.78, 5) is 0. The maximum Gasteiger partial charge on any atom is 0.118 e. The van der Waals surface area contributed by atoms with Crippen molar-refractivity contribution in [3.63, 3.8) is 0 Å². The van der Waals surface area contributed by atoms with Crippen LogP contribution in [0.1, 0.15) is 0 Å². The monoisotopic (exact) mass is 242 g/mol. The molecular formula is C14H14N2O2. The molecule has 0 unspecified atom stereocenters. The van der Waals surface area contributed by atoms with Crippen molar-refractivity contribution in [2.24, 2.45) is 0 Å². The minimum absolute atomic E-state index is 0.0497. The maximum atomic E-state index is 9.67. The summed E-state index contributed by atoms with van der Waals surface area (Å²) in [7, 11) is 0. The Kier molecular flexibility index (Phi) is 2.38. The highest BCUT2D eigenvalue weighted by atomic mass is 16.3. The first-order valence-corrected chi connectivity index (χ1v) is 5.82. The fourth-order valence-electron chi connectivity index (χ4n) is 2.54. The highest BCUT2D eigenvalue weighted by molar-refractivity contribution is 6.12. The Balaban J connectivity index is 2.53. The summed E-state index contributed by atoms with van der Waals surface area (Å²) < 4.78 is 1.99. The van der Waals surface area contributed by atoms with Crippen LogP contribution in [-0.2, 0) is 6.54 Å². The van der Waals surface area contributed by atoms with Crippen molar-refractivity contribution in [3.05, 3.63) is 36.4 Å². The Labute approximate surface area is 104 Å². The lowest BCUT2D eigenvalue weighted by Crippen LogP contribution is -2.03. The number of rotatable bonds is 2. The van der Waals surface area contributed by atoms with E-state index >= 15 is 0 Å². The second-order valence-corrected chi connectivity index (χ2v) is 4.32. The van der Waals surface area contributed by atoms with E-state index in [4.69, 9.17) is 5.73 Å². The topological polar surface area (TPSA) is 71.4 Å². The zero-order chi connectivity index (χ0) is 12.7. The highest BCUT2D eigenvalue weighted by Gasteiger charge is 2.13. The first-order chi connectivity index (χ1) is 8.72. The Morgan fingerprint density at radius 2 is 1.89 bits per heavy atom. The average molecular weight is 242 g/mol. The van der Waals surface area contributed by atoms with E-state index in [1.54, 1.807) is 6.07 Å². The van der Waals surface area contributed by atoms with Crippen molar-refractivity contribution in [1.82, 2.24) is 4.57 Å². The van der Waals surface area contributed by atoms with E-state index in [1.165, 1.54) is 6.07 Å². The molecule has 0 aliphatic carbocycles. The molecule has 0 saturated carbocycles. The van der Waals surface area contributed by atoms with E-state index in [9.17, 15) is 10.2 Å². The molecule has 0 atom stereocenters. The number of hydrogen-bond donors (Lipinski definition) is 3. The molecule has 0 aliphatic rings. The van der Waals surface area contributed by atoms with E-state index in [0.29, 0.717) is 12.2 Å². The van der Waals surface area contributed by atoms with Crippen molar-refractivity contribution in [2.75, 3.05) is 12.3 Å². The molecule has 4 nitrogen and oxygen atoms in total. The number of nitrogens with two attached hydrogens (primary N) is 1. The average Bonchev–Trinajstić information content (AvgIpc) is 2.65. The third kappa shape index (κ3) is 1.43. The van der Waals surface area contributed by atoms with Crippen LogP contribution in [0.5, 0.6) is 5.75 Å². The SMILES string of the molecule is Nc1cc(O)cc2c3ccccc3n(CCO)c12. The predicted octanol–water partition coefficient (Wildman–Crippen LogP) is 2.07. The number of nitrogens with zero attached hydrogens (tertiary/aromatic N) is 1. The van der Waals surface area contributed by atoms with E-state index in [0.717, 1.165) is 21.8 Å². The number of nitrogen functional groups attached to an aromatic ring is 1. The minimum atomic E-state index is 0.0497. The fraction of sp³-hybridized carbons (Fsp3) is 0.143. The van der Waals surface area contributed by atoms with Crippen LogP contribution in [0, 0.1) is 0 Å². The summed E-state index contributed by atoms with van der Waals surface area (Å²) >= 11 is 0. The number of aliphatic hydroxyl groups is 1. The number of aromatic nitrogens is 1. The van der Waals surface area contributed by atoms with Gasteiger partial charge in [-0.3, -0.25) is 0 Å². The van der Waals surface area contributed by atoms with Crippen molar-refractivity contribution >= 4 is 27.5 Å². The molecule has 3 aromatic rings. The van der Waals surface area contributed by atoms with Gasteiger partial charge in [0.2, 0.25) is 0 Å². The van der Waals surface area contributed by atoms with Gasteiger partial charge in [0.25, 0.3) is 0 Å². The first kappa shape index (κ1) is 10.9. The summed E-state index contributed by atoms with van der Waals surface area (Å²) in [5.74, 6) is 0.159. The van der Waals surface area contributed by atoms with E-state index in [1.807, 2.05) is 28.8 Å². The Morgan fingerprint density at radius 3 is 2.67 bits per heavy atom. The lowest BCUT2D eigenvalue weighted by atomic mass is 10.1. The van der Waals surface area contributed by atoms with Crippen LogP contribution in [0.15, 0.2) is 36.4 Å². The van der Waals surface area contributed by atoms with Crippen molar-refractivity contribution < 1.29 is 10.2 Å². The number of phenols is 1. The number of benzene rings is 2. The normalized spacial score (nSPS) is 11.4. The Hall–Kier alpha value is -2.20. The molecule has 0 saturated heterocycles. The van der Waals surface area contributed by atoms with Gasteiger partial charge in [-0.2, -0.15) is 0 Å². The fourth-order valence-corrected chi connectivity index (χ4v) is 2.54. The third-order valence-corrected chi connectivity index (χ3v) is 3.20. The van der Waals surface area contributed by atoms with Gasteiger partial charge in [0.1, 0.15) is 5.75 Å². The zero-order valence-corrected chi connectivity index (χ0v) is 9.80. The van der Waals surface area contributed by atoms with Crippen LogP contribution in [-0.4, -0.2) is 21.4 Å². The summed E-state index contributed by atoms with van der Waals surface area (Å²) in [6.45, 7) is 0.535. The molecule has 1 aromatic heterocycles. The molecule has 0 spiro atoms. The number of aliphatic hydroxyl groups excluding tert-OH is 1. The van der Waals surface area contributed by atoms with Gasteiger partial charge in [-0.15, -0.1) is 0 Å². The number of anilines is 1. The summed E-state index contributed by atoms with van der Waals surface area (Å²) in [6.07, 6.45) is 0. The van der Waals surface area contributed by atoms with Gasteiger partial charge in [-0.05, 0) is 12.1 Å². The van der Waals surface area contributed by atoms with Crippen LogP contribution >= 0.6 is 0 Å². The van der Waals surface area contributed by atoms with Gasteiger partial charge in [0, 0.05) is 28.9 Å². The van der Waals surface area contributed by atoms with Gasteiger partial charge in [-0.1, -0.05) is 18.2 Å². The summed E-state index contributed by atoms with van der Waals surface area (Å²) in [5.41, 5.74) is 8.39. The number of aromatic hydroxyl groups is 1. The van der Waals surface area contributed by atoms with Crippen LogP contribution in [0.2, 0.25) is 0 Å². The molecule has 1 heterocycles. The Bertz CT molecular complexity index is 731. The smallest absolute Gasteiger partial charge is 0.118 e. The predicted molar refractivity (Wildman–Crippen MR) is 72.6 cm³/mol. The molecule has 2 aromatic carbocycles. The standard InChI is InChI=1S/C14H14N2O2/c15-12-8-9(18)7-11-10-3-1-2-4-13(10)16(5-6-17)14(11)12/h1-4,7-8,17-18H,5-6,15H2. The molecule has 0 aliphatic heterocycles. The summed E-state index contributed by atoms with van der Waals surface area (Å²) in [6, 6.07) is 11.1. The molecule has 3 rings (SSSR count). The second-order valence-electron chi connectivity index (χ2n) is 4.32. The Morgan fingerprint density at radius 1 is 1.11 bits per heavy atom. The van der Waals surface area contributed by atoms with Gasteiger partial charge < -0.3 is 20.5 Å².